The van der Waals surface area contributed by atoms with Crippen LogP contribution < -0.4 is 0 Å². The van der Waals surface area contributed by atoms with Crippen LogP contribution in [0.5, 0.6) is 0 Å². The standard InChI is InChI=1S/C13H11F3N4O3S/c14-13(15,16)24(22,23)8-19-5-3-11-10(12(19)21)7-20(18-11)9-2-1-4-17-6-9/h1-2,4,6-7H,3,5,8H2. The van der Waals surface area contributed by atoms with Crippen molar-refractivity contribution in [1.82, 2.24) is 19.7 Å². The van der Waals surface area contributed by atoms with Crippen LogP contribution in [-0.2, 0) is 16.3 Å². The molecule has 1 amide bonds. The summed E-state index contributed by atoms with van der Waals surface area (Å²) < 4.78 is 61.4. The smallest absolute Gasteiger partial charge is 0.323 e. The third kappa shape index (κ3) is 2.86. The third-order valence-corrected chi connectivity index (χ3v) is 4.87. The van der Waals surface area contributed by atoms with E-state index in [9.17, 15) is 26.4 Å². The molecule has 0 aliphatic carbocycles. The number of carbonyl (C=O) groups excluding carboxylic acids is 1. The maximum atomic E-state index is 12.5. The van der Waals surface area contributed by atoms with Crippen LogP contribution in [0.3, 0.4) is 0 Å². The molecule has 2 aromatic heterocycles. The Kier molecular flexibility index (Phi) is 3.82. The number of sulfone groups is 1. The van der Waals surface area contributed by atoms with Gasteiger partial charge in [0.1, 0.15) is 5.88 Å². The molecule has 24 heavy (non-hydrogen) atoms. The van der Waals surface area contributed by atoms with Crippen LogP contribution in [0, 0.1) is 0 Å². The summed E-state index contributed by atoms with van der Waals surface area (Å²) >= 11 is 0. The normalized spacial score (nSPS) is 15.5. The van der Waals surface area contributed by atoms with E-state index in [0.29, 0.717) is 16.3 Å². The number of alkyl halides is 3. The molecule has 0 saturated carbocycles. The van der Waals surface area contributed by atoms with Gasteiger partial charge in [0, 0.05) is 25.4 Å². The van der Waals surface area contributed by atoms with Gasteiger partial charge in [0.25, 0.3) is 15.7 Å². The fourth-order valence-corrected chi connectivity index (χ4v) is 3.11. The fourth-order valence-electron chi connectivity index (χ4n) is 2.31. The summed E-state index contributed by atoms with van der Waals surface area (Å²) in [4.78, 5) is 16.9. The Hall–Kier alpha value is -2.43. The fraction of sp³-hybridized carbons (Fsp3) is 0.308. The van der Waals surface area contributed by atoms with Crippen LogP contribution in [0.4, 0.5) is 13.2 Å². The summed E-state index contributed by atoms with van der Waals surface area (Å²) in [6.07, 6.45) is 4.60. The molecule has 0 fully saturated rings. The number of aromatic nitrogens is 3. The molecule has 2 aromatic rings. The van der Waals surface area contributed by atoms with Crippen LogP contribution in [0.2, 0.25) is 0 Å². The summed E-state index contributed by atoms with van der Waals surface area (Å²) in [5.41, 5.74) is -4.32. The van der Waals surface area contributed by atoms with E-state index in [2.05, 4.69) is 10.1 Å². The average Bonchev–Trinajstić information content (AvgIpc) is 2.95. The molecule has 0 unspecified atom stereocenters. The summed E-state index contributed by atoms with van der Waals surface area (Å²) in [6.45, 7) is -0.148. The number of fused-ring (bicyclic) bond motifs is 1. The van der Waals surface area contributed by atoms with Gasteiger partial charge in [0.15, 0.2) is 0 Å². The summed E-state index contributed by atoms with van der Waals surface area (Å²) in [7, 11) is -5.41. The first-order valence-corrected chi connectivity index (χ1v) is 8.41. The molecular weight excluding hydrogens is 349 g/mol. The van der Waals surface area contributed by atoms with Crippen molar-refractivity contribution in [1.29, 1.82) is 0 Å². The van der Waals surface area contributed by atoms with Gasteiger partial charge in [-0.3, -0.25) is 9.78 Å². The Morgan fingerprint density at radius 1 is 1.29 bits per heavy atom. The molecule has 0 spiro atoms. The number of rotatable bonds is 3. The van der Waals surface area contributed by atoms with E-state index in [1.165, 1.54) is 17.1 Å². The van der Waals surface area contributed by atoms with Gasteiger partial charge in [-0.1, -0.05) is 0 Å². The summed E-state index contributed by atoms with van der Waals surface area (Å²) in [5, 5.41) is 4.21. The highest BCUT2D eigenvalue weighted by molar-refractivity contribution is 7.92. The van der Waals surface area contributed by atoms with Gasteiger partial charge in [-0.25, -0.2) is 13.1 Å². The first kappa shape index (κ1) is 16.4. The minimum absolute atomic E-state index is 0.0856. The Labute approximate surface area is 134 Å². The predicted molar refractivity (Wildman–Crippen MR) is 75.9 cm³/mol. The van der Waals surface area contributed by atoms with E-state index < -0.39 is 27.1 Å². The van der Waals surface area contributed by atoms with Crippen molar-refractivity contribution in [3.8, 4) is 5.69 Å². The monoisotopic (exact) mass is 360 g/mol. The van der Waals surface area contributed by atoms with Crippen molar-refractivity contribution < 1.29 is 26.4 Å². The molecule has 128 valence electrons. The van der Waals surface area contributed by atoms with E-state index in [-0.39, 0.29) is 18.5 Å². The Bertz CT molecular complexity index is 878. The molecule has 0 aromatic carbocycles. The number of amides is 1. The van der Waals surface area contributed by atoms with Gasteiger partial charge in [0.2, 0.25) is 0 Å². The van der Waals surface area contributed by atoms with E-state index in [1.54, 1.807) is 18.3 Å². The highest BCUT2D eigenvalue weighted by Gasteiger charge is 2.47. The number of hydrogen-bond donors (Lipinski definition) is 0. The molecule has 1 aliphatic rings. The zero-order valence-corrected chi connectivity index (χ0v) is 12.9. The van der Waals surface area contributed by atoms with Gasteiger partial charge in [-0.05, 0) is 12.1 Å². The lowest BCUT2D eigenvalue weighted by molar-refractivity contribution is -0.0444. The molecule has 3 heterocycles. The Balaban J connectivity index is 1.88. The maximum absolute atomic E-state index is 12.5. The van der Waals surface area contributed by atoms with Crippen LogP contribution in [0.25, 0.3) is 5.69 Å². The molecule has 11 heteroatoms. The number of pyridine rings is 1. The largest absolute Gasteiger partial charge is 0.499 e. The second kappa shape index (κ2) is 5.58. The van der Waals surface area contributed by atoms with Crippen molar-refractivity contribution in [3.63, 3.8) is 0 Å². The van der Waals surface area contributed by atoms with Gasteiger partial charge < -0.3 is 4.90 Å². The summed E-state index contributed by atoms with van der Waals surface area (Å²) in [6, 6.07) is 3.36. The first-order valence-electron chi connectivity index (χ1n) is 6.76. The number of halogens is 3. The third-order valence-electron chi connectivity index (χ3n) is 3.52. The molecule has 1 aliphatic heterocycles. The van der Waals surface area contributed by atoms with E-state index in [1.807, 2.05) is 0 Å². The van der Waals surface area contributed by atoms with Gasteiger partial charge in [-0.2, -0.15) is 18.3 Å². The van der Waals surface area contributed by atoms with Gasteiger partial charge >= 0.3 is 5.51 Å². The number of hydrogen-bond acceptors (Lipinski definition) is 5. The molecule has 0 bridgehead atoms. The van der Waals surface area contributed by atoms with Gasteiger partial charge in [0.05, 0.1) is 23.1 Å². The highest BCUT2D eigenvalue weighted by Crippen LogP contribution is 2.27. The number of nitrogens with zero attached hydrogens (tertiary/aromatic N) is 4. The second-order valence-electron chi connectivity index (χ2n) is 5.15. The first-order chi connectivity index (χ1) is 11.2. The molecule has 0 atom stereocenters. The van der Waals surface area contributed by atoms with Crippen LogP contribution >= 0.6 is 0 Å². The summed E-state index contributed by atoms with van der Waals surface area (Å²) in [5.74, 6) is -2.19. The van der Waals surface area contributed by atoms with Crippen molar-refractivity contribution in [2.45, 2.75) is 11.9 Å². The van der Waals surface area contributed by atoms with Crippen molar-refractivity contribution in [2.75, 3.05) is 12.4 Å². The molecule has 0 radical (unpaired) electrons. The minimum Gasteiger partial charge on any atom is -0.323 e. The Morgan fingerprint density at radius 3 is 2.67 bits per heavy atom. The molecule has 7 nitrogen and oxygen atoms in total. The predicted octanol–water partition coefficient (Wildman–Crippen LogP) is 1.16. The van der Waals surface area contributed by atoms with Crippen molar-refractivity contribution in [3.05, 3.63) is 42.0 Å². The van der Waals surface area contributed by atoms with E-state index in [4.69, 9.17) is 0 Å². The van der Waals surface area contributed by atoms with Crippen molar-refractivity contribution in [2.24, 2.45) is 0 Å². The minimum atomic E-state index is -5.41. The lowest BCUT2D eigenvalue weighted by atomic mass is 10.1. The zero-order valence-electron chi connectivity index (χ0n) is 12.1. The van der Waals surface area contributed by atoms with Gasteiger partial charge in [-0.15, -0.1) is 0 Å². The average molecular weight is 360 g/mol. The maximum Gasteiger partial charge on any atom is 0.499 e. The van der Waals surface area contributed by atoms with E-state index in [0.717, 1.165) is 0 Å². The lowest BCUT2D eigenvalue weighted by Crippen LogP contribution is -2.43. The molecule has 3 rings (SSSR count). The topological polar surface area (TPSA) is 85.2 Å². The SMILES string of the molecule is O=C1c2cn(-c3cccnc3)nc2CCN1CS(=O)(=O)C(F)(F)F. The van der Waals surface area contributed by atoms with Crippen LogP contribution in [0.15, 0.2) is 30.7 Å². The van der Waals surface area contributed by atoms with E-state index >= 15 is 0 Å². The molecule has 0 saturated heterocycles. The zero-order chi connectivity index (χ0) is 17.5. The van der Waals surface area contributed by atoms with Crippen LogP contribution in [0.1, 0.15) is 16.1 Å². The van der Waals surface area contributed by atoms with Crippen molar-refractivity contribution >= 4 is 15.7 Å². The number of carbonyl (C=O) groups is 1. The Morgan fingerprint density at radius 2 is 2.04 bits per heavy atom. The highest BCUT2D eigenvalue weighted by atomic mass is 32.2. The second-order valence-corrected chi connectivity index (χ2v) is 7.10. The molecular formula is C13H11F3N4O3S. The molecule has 0 N–H and O–H groups in total. The lowest BCUT2D eigenvalue weighted by Gasteiger charge is -2.26. The van der Waals surface area contributed by atoms with Crippen LogP contribution in [-0.4, -0.2) is 51.9 Å². The quantitative estimate of drug-likeness (QED) is 0.820.